The number of carboxylic acids is 1. The summed E-state index contributed by atoms with van der Waals surface area (Å²) in [4.78, 5) is 22.4. The monoisotopic (exact) mass is 302 g/mol. The maximum absolute atomic E-state index is 11.4. The number of aryl methyl sites for hydroxylation is 1. The van der Waals surface area contributed by atoms with Crippen molar-refractivity contribution in [2.45, 2.75) is 6.92 Å². The Hall–Kier alpha value is -2.60. The van der Waals surface area contributed by atoms with E-state index >= 15 is 0 Å². The maximum Gasteiger partial charge on any atom is 0.346 e. The molecule has 0 amide bonds. The minimum atomic E-state index is -0.991. The first-order valence-electron chi connectivity index (χ1n) is 6.07. The number of thiophene rings is 1. The number of carboxylic acid groups (broad SMARTS) is 1. The molecule has 3 aromatic rings. The molecule has 1 aromatic carbocycles. The van der Waals surface area contributed by atoms with Gasteiger partial charge >= 0.3 is 11.6 Å². The zero-order valence-corrected chi connectivity index (χ0v) is 11.8. The Morgan fingerprint density at radius 2 is 2.05 bits per heavy atom. The summed E-state index contributed by atoms with van der Waals surface area (Å²) in [6.45, 7) is 1.83. The fraction of sp³-hybridized carbons (Fsp3) is 0.0667. The molecule has 0 spiro atoms. The van der Waals surface area contributed by atoms with Crippen molar-refractivity contribution < 1.29 is 19.1 Å². The molecule has 1 N–H and O–H groups in total. The molecular weight excluding hydrogens is 292 g/mol. The summed E-state index contributed by atoms with van der Waals surface area (Å²) in [6.07, 6.45) is 0. The second kappa shape index (κ2) is 5.06. The third kappa shape index (κ3) is 2.66. The first-order valence-corrected chi connectivity index (χ1v) is 6.95. The van der Waals surface area contributed by atoms with Crippen molar-refractivity contribution in [2.75, 3.05) is 0 Å². The van der Waals surface area contributed by atoms with Gasteiger partial charge in [0.15, 0.2) is 0 Å². The van der Waals surface area contributed by atoms with Crippen LogP contribution in [0.1, 0.15) is 15.2 Å². The van der Waals surface area contributed by atoms with E-state index in [2.05, 4.69) is 0 Å². The van der Waals surface area contributed by atoms with Gasteiger partial charge in [-0.3, -0.25) is 0 Å². The minimum Gasteiger partial charge on any atom is -0.477 e. The van der Waals surface area contributed by atoms with Crippen LogP contribution in [0.3, 0.4) is 0 Å². The Bertz CT molecular complexity index is 890. The first kappa shape index (κ1) is 13.4. The Kier molecular flexibility index (Phi) is 3.23. The van der Waals surface area contributed by atoms with Gasteiger partial charge in [-0.15, -0.1) is 11.3 Å². The highest BCUT2D eigenvalue weighted by Gasteiger charge is 2.09. The van der Waals surface area contributed by atoms with Crippen LogP contribution in [0.4, 0.5) is 0 Å². The average molecular weight is 302 g/mol. The molecule has 2 heterocycles. The minimum absolute atomic E-state index is 0.202. The number of rotatable bonds is 3. The quantitative estimate of drug-likeness (QED) is 0.747. The van der Waals surface area contributed by atoms with E-state index in [1.54, 1.807) is 23.6 Å². The molecule has 0 fully saturated rings. The molecule has 5 nitrogen and oxygen atoms in total. The van der Waals surface area contributed by atoms with Gasteiger partial charge in [0.2, 0.25) is 0 Å². The fourth-order valence-electron chi connectivity index (χ4n) is 1.99. The standard InChI is InChI=1S/C15H10O5S/c1-8-4-14(16)20-12-5-9(2-3-11(8)12)19-10-6-13(15(17)18)21-7-10/h2-7H,1H3,(H,17,18). The average Bonchev–Trinajstić information content (AvgIpc) is 2.86. The van der Waals surface area contributed by atoms with E-state index in [0.717, 1.165) is 22.3 Å². The van der Waals surface area contributed by atoms with Crippen LogP contribution in [0, 0.1) is 6.92 Å². The maximum atomic E-state index is 11.4. The van der Waals surface area contributed by atoms with Crippen LogP contribution < -0.4 is 10.4 Å². The van der Waals surface area contributed by atoms with Gasteiger partial charge in [0.25, 0.3) is 0 Å². The van der Waals surface area contributed by atoms with Crippen LogP contribution >= 0.6 is 11.3 Å². The van der Waals surface area contributed by atoms with Crippen molar-refractivity contribution in [3.8, 4) is 11.5 Å². The number of fused-ring (bicyclic) bond motifs is 1. The van der Waals surface area contributed by atoms with Crippen molar-refractivity contribution in [1.29, 1.82) is 0 Å². The Labute approximate surface area is 123 Å². The molecule has 0 atom stereocenters. The molecule has 0 aliphatic rings. The lowest BCUT2D eigenvalue weighted by Gasteiger charge is -2.05. The molecule has 0 saturated heterocycles. The highest BCUT2D eigenvalue weighted by molar-refractivity contribution is 7.12. The van der Waals surface area contributed by atoms with Crippen LogP contribution in [0.25, 0.3) is 11.0 Å². The Balaban J connectivity index is 1.97. The van der Waals surface area contributed by atoms with E-state index in [0.29, 0.717) is 17.1 Å². The molecule has 2 aromatic heterocycles. The summed E-state index contributed by atoms with van der Waals surface area (Å²) in [6, 6.07) is 8.03. The predicted octanol–water partition coefficient (Wildman–Crippen LogP) is 3.65. The van der Waals surface area contributed by atoms with Gasteiger partial charge in [-0.2, -0.15) is 0 Å². The molecule has 0 radical (unpaired) electrons. The smallest absolute Gasteiger partial charge is 0.346 e. The van der Waals surface area contributed by atoms with E-state index in [1.807, 2.05) is 6.92 Å². The van der Waals surface area contributed by atoms with Crippen molar-refractivity contribution in [1.82, 2.24) is 0 Å². The molecule has 3 rings (SSSR count). The first-order chi connectivity index (χ1) is 10.0. The zero-order chi connectivity index (χ0) is 15.0. The van der Waals surface area contributed by atoms with Gasteiger partial charge in [0.05, 0.1) is 0 Å². The third-order valence-corrected chi connectivity index (χ3v) is 3.84. The van der Waals surface area contributed by atoms with E-state index in [4.69, 9.17) is 14.3 Å². The highest BCUT2D eigenvalue weighted by Crippen LogP contribution is 2.29. The zero-order valence-electron chi connectivity index (χ0n) is 11.0. The van der Waals surface area contributed by atoms with Crippen molar-refractivity contribution >= 4 is 28.3 Å². The summed E-state index contributed by atoms with van der Waals surface area (Å²) >= 11 is 1.09. The normalized spacial score (nSPS) is 10.7. The highest BCUT2D eigenvalue weighted by atomic mass is 32.1. The van der Waals surface area contributed by atoms with Crippen LogP contribution in [0.5, 0.6) is 11.5 Å². The largest absolute Gasteiger partial charge is 0.477 e. The predicted molar refractivity (Wildman–Crippen MR) is 78.6 cm³/mol. The number of benzene rings is 1. The molecule has 0 saturated carbocycles. The molecule has 0 unspecified atom stereocenters. The van der Waals surface area contributed by atoms with Gasteiger partial charge in [0, 0.05) is 29.0 Å². The van der Waals surface area contributed by atoms with Crippen molar-refractivity contribution in [2.24, 2.45) is 0 Å². The SMILES string of the molecule is Cc1cc(=O)oc2cc(Oc3csc(C(=O)O)c3)ccc12. The summed E-state index contributed by atoms with van der Waals surface area (Å²) in [5, 5.41) is 11.3. The van der Waals surface area contributed by atoms with Gasteiger partial charge in [-0.25, -0.2) is 9.59 Å². The topological polar surface area (TPSA) is 76.7 Å². The van der Waals surface area contributed by atoms with E-state index in [-0.39, 0.29) is 4.88 Å². The van der Waals surface area contributed by atoms with Crippen LogP contribution in [-0.2, 0) is 0 Å². The molecule has 106 valence electrons. The second-order valence-electron chi connectivity index (χ2n) is 4.46. The van der Waals surface area contributed by atoms with Crippen molar-refractivity contribution in [3.63, 3.8) is 0 Å². The Morgan fingerprint density at radius 1 is 1.24 bits per heavy atom. The van der Waals surface area contributed by atoms with E-state index < -0.39 is 11.6 Å². The summed E-state index contributed by atoms with van der Waals surface area (Å²) in [7, 11) is 0. The summed E-state index contributed by atoms with van der Waals surface area (Å²) in [5.41, 5.74) is 0.850. The molecule has 21 heavy (non-hydrogen) atoms. The lowest BCUT2D eigenvalue weighted by molar-refractivity contribution is 0.0702. The van der Waals surface area contributed by atoms with Gasteiger partial charge in [-0.05, 0) is 24.6 Å². The van der Waals surface area contributed by atoms with Crippen LogP contribution in [-0.4, -0.2) is 11.1 Å². The number of aromatic carboxylic acids is 1. The van der Waals surface area contributed by atoms with Gasteiger partial charge < -0.3 is 14.3 Å². The van der Waals surface area contributed by atoms with E-state index in [1.165, 1.54) is 12.1 Å². The summed E-state index contributed by atoms with van der Waals surface area (Å²) in [5.74, 6) is -0.0762. The van der Waals surface area contributed by atoms with Crippen LogP contribution in [0.15, 0.2) is 44.9 Å². The van der Waals surface area contributed by atoms with Gasteiger partial charge in [-0.1, -0.05) is 0 Å². The number of hydrogen-bond acceptors (Lipinski definition) is 5. The molecule has 0 bridgehead atoms. The third-order valence-electron chi connectivity index (χ3n) is 2.94. The molecule has 0 aliphatic carbocycles. The lowest BCUT2D eigenvalue weighted by Crippen LogP contribution is -1.97. The van der Waals surface area contributed by atoms with E-state index in [9.17, 15) is 9.59 Å². The van der Waals surface area contributed by atoms with Gasteiger partial charge in [0.1, 0.15) is 22.0 Å². The fourth-order valence-corrected chi connectivity index (χ4v) is 2.63. The molecule has 0 aliphatic heterocycles. The Morgan fingerprint density at radius 3 is 2.76 bits per heavy atom. The molecular formula is C15H10O5S. The van der Waals surface area contributed by atoms with Crippen LogP contribution in [0.2, 0.25) is 0 Å². The summed E-state index contributed by atoms with van der Waals surface area (Å²) < 4.78 is 10.7. The number of carbonyl (C=O) groups is 1. The van der Waals surface area contributed by atoms with Crippen molar-refractivity contribution in [3.05, 3.63) is 56.6 Å². The lowest BCUT2D eigenvalue weighted by atomic mass is 10.1. The molecule has 6 heteroatoms. The number of ether oxygens (including phenoxy) is 1. The second-order valence-corrected chi connectivity index (χ2v) is 5.37. The number of hydrogen-bond donors (Lipinski definition) is 1.